The highest BCUT2D eigenvalue weighted by Crippen LogP contribution is 2.29. The Morgan fingerprint density at radius 1 is 0.966 bits per heavy atom. The van der Waals surface area contributed by atoms with Crippen LogP contribution in [0.15, 0.2) is 24.3 Å². The van der Waals surface area contributed by atoms with Crippen LogP contribution in [0.25, 0.3) is 0 Å². The average molecular weight is 420 g/mol. The van der Waals surface area contributed by atoms with Gasteiger partial charge in [-0.3, -0.25) is 9.80 Å². The Kier molecular flexibility index (Phi) is 7.74. The van der Waals surface area contributed by atoms with Crippen molar-refractivity contribution < 1.29 is 5.11 Å². The third-order valence-corrected chi connectivity index (χ3v) is 7.71. The zero-order valence-corrected chi connectivity index (χ0v) is 18.6. The minimum atomic E-state index is 0.312. The first-order valence-electron chi connectivity index (χ1n) is 11.8. The summed E-state index contributed by atoms with van der Waals surface area (Å²) in [5.41, 5.74) is 1.26. The molecule has 1 aliphatic carbocycles. The summed E-state index contributed by atoms with van der Waals surface area (Å²) >= 11 is 6.18. The number of anilines is 1. The maximum absolute atomic E-state index is 9.66. The topological polar surface area (TPSA) is 30.0 Å². The van der Waals surface area contributed by atoms with E-state index in [0.29, 0.717) is 18.7 Å². The van der Waals surface area contributed by atoms with Crippen LogP contribution in [0, 0.1) is 5.92 Å². The molecule has 0 radical (unpaired) electrons. The van der Waals surface area contributed by atoms with Crippen molar-refractivity contribution in [2.75, 3.05) is 50.8 Å². The van der Waals surface area contributed by atoms with E-state index in [-0.39, 0.29) is 0 Å². The summed E-state index contributed by atoms with van der Waals surface area (Å²) in [6.07, 6.45) is 10.5. The Bertz CT molecular complexity index is 628. The molecule has 4 rings (SSSR count). The van der Waals surface area contributed by atoms with Gasteiger partial charge in [0.05, 0.1) is 0 Å². The predicted octanol–water partition coefficient (Wildman–Crippen LogP) is 4.26. The normalized spacial score (nSPS) is 26.1. The fourth-order valence-electron chi connectivity index (χ4n) is 5.78. The Morgan fingerprint density at radius 3 is 2.48 bits per heavy atom. The minimum Gasteiger partial charge on any atom is -0.396 e. The maximum atomic E-state index is 9.66. The molecule has 1 saturated carbocycles. The number of aliphatic hydroxyl groups excluding tert-OH is 1. The smallest absolute Gasteiger partial charge is 0.0446 e. The summed E-state index contributed by atoms with van der Waals surface area (Å²) in [6.45, 7) is 7.29. The van der Waals surface area contributed by atoms with E-state index in [2.05, 4.69) is 32.9 Å². The molecule has 1 N–H and O–H groups in total. The van der Waals surface area contributed by atoms with Crippen LogP contribution >= 0.6 is 11.6 Å². The third kappa shape index (κ3) is 5.66. The molecule has 3 aliphatic rings. The number of rotatable bonds is 6. The maximum Gasteiger partial charge on any atom is 0.0446 e. The number of piperazine rings is 1. The number of halogens is 1. The Morgan fingerprint density at radius 2 is 1.76 bits per heavy atom. The standard InChI is InChI=1S/C24H38ClN3O/c25-21-7-4-8-23(17-21)26-12-9-22(10-13-26)28-15-14-27(24(19-28)11-16-29)18-20-5-2-1-3-6-20/h4,7-8,17,20,22,24,29H,1-3,5-6,9-16,18-19H2. The quantitative estimate of drug-likeness (QED) is 0.746. The van der Waals surface area contributed by atoms with E-state index >= 15 is 0 Å². The molecule has 1 aromatic carbocycles. The van der Waals surface area contributed by atoms with Crippen LogP contribution < -0.4 is 4.90 Å². The zero-order valence-electron chi connectivity index (χ0n) is 17.8. The van der Waals surface area contributed by atoms with Crippen LogP contribution in [0.4, 0.5) is 5.69 Å². The van der Waals surface area contributed by atoms with E-state index in [1.807, 2.05) is 6.07 Å². The van der Waals surface area contributed by atoms with E-state index in [1.54, 1.807) is 0 Å². The number of hydrogen-bond donors (Lipinski definition) is 1. The highest BCUT2D eigenvalue weighted by atomic mass is 35.5. The molecule has 3 fully saturated rings. The second kappa shape index (κ2) is 10.5. The Labute approximate surface area is 181 Å². The van der Waals surface area contributed by atoms with Crippen molar-refractivity contribution in [3.8, 4) is 0 Å². The van der Waals surface area contributed by atoms with Gasteiger partial charge < -0.3 is 10.0 Å². The van der Waals surface area contributed by atoms with E-state index in [0.717, 1.165) is 37.0 Å². The van der Waals surface area contributed by atoms with Crippen molar-refractivity contribution in [3.05, 3.63) is 29.3 Å². The Hall–Kier alpha value is -0.810. The fraction of sp³-hybridized carbons (Fsp3) is 0.750. The van der Waals surface area contributed by atoms with Crippen LogP contribution in [0.3, 0.4) is 0 Å². The molecule has 0 amide bonds. The molecule has 0 aromatic heterocycles. The zero-order chi connectivity index (χ0) is 20.1. The largest absolute Gasteiger partial charge is 0.396 e. The second-order valence-electron chi connectivity index (χ2n) is 9.36. The number of aliphatic hydroxyl groups is 1. The fourth-order valence-corrected chi connectivity index (χ4v) is 5.96. The van der Waals surface area contributed by atoms with Gasteiger partial charge in [0, 0.05) is 68.7 Å². The molecule has 1 aromatic rings. The molecule has 162 valence electrons. The monoisotopic (exact) mass is 419 g/mol. The van der Waals surface area contributed by atoms with Gasteiger partial charge in [0.15, 0.2) is 0 Å². The first-order valence-corrected chi connectivity index (χ1v) is 12.2. The van der Waals surface area contributed by atoms with Crippen LogP contribution in [-0.4, -0.2) is 72.9 Å². The second-order valence-corrected chi connectivity index (χ2v) is 9.79. The molecule has 0 bridgehead atoms. The molecule has 29 heavy (non-hydrogen) atoms. The lowest BCUT2D eigenvalue weighted by Gasteiger charge is -2.47. The molecule has 2 aliphatic heterocycles. The minimum absolute atomic E-state index is 0.312. The number of nitrogens with zero attached hydrogens (tertiary/aromatic N) is 3. The van der Waals surface area contributed by atoms with E-state index in [4.69, 9.17) is 11.6 Å². The molecule has 2 saturated heterocycles. The van der Waals surface area contributed by atoms with Gasteiger partial charge in [0.2, 0.25) is 0 Å². The van der Waals surface area contributed by atoms with E-state index < -0.39 is 0 Å². The molecule has 5 heteroatoms. The Balaban J connectivity index is 1.29. The van der Waals surface area contributed by atoms with Gasteiger partial charge >= 0.3 is 0 Å². The van der Waals surface area contributed by atoms with Crippen LogP contribution in [0.5, 0.6) is 0 Å². The SMILES string of the molecule is OCCC1CN(C2CCN(c3cccc(Cl)c3)CC2)CCN1CC1CCCCC1. The molecule has 4 nitrogen and oxygen atoms in total. The van der Waals surface area contributed by atoms with Crippen LogP contribution in [-0.2, 0) is 0 Å². The molecular weight excluding hydrogens is 382 g/mol. The molecule has 1 atom stereocenters. The van der Waals surface area contributed by atoms with Crippen molar-refractivity contribution in [2.24, 2.45) is 5.92 Å². The van der Waals surface area contributed by atoms with Crippen molar-refractivity contribution >= 4 is 17.3 Å². The first kappa shape index (κ1) is 21.4. The van der Waals surface area contributed by atoms with Crippen molar-refractivity contribution in [1.82, 2.24) is 9.80 Å². The summed E-state index contributed by atoms with van der Waals surface area (Å²) in [6, 6.07) is 9.47. The van der Waals surface area contributed by atoms with Gasteiger partial charge in [0.1, 0.15) is 0 Å². The van der Waals surface area contributed by atoms with Gasteiger partial charge in [0.25, 0.3) is 0 Å². The number of piperidine rings is 1. The lowest BCUT2D eigenvalue weighted by atomic mass is 9.88. The summed E-state index contributed by atoms with van der Waals surface area (Å²) in [5, 5.41) is 10.5. The summed E-state index contributed by atoms with van der Waals surface area (Å²) in [5.74, 6) is 0.887. The van der Waals surface area contributed by atoms with Gasteiger partial charge in [-0.1, -0.05) is 36.9 Å². The van der Waals surface area contributed by atoms with E-state index in [1.165, 1.54) is 70.3 Å². The lowest BCUT2D eigenvalue weighted by molar-refractivity contribution is 0.0184. The predicted molar refractivity (Wildman–Crippen MR) is 122 cm³/mol. The summed E-state index contributed by atoms with van der Waals surface area (Å²) in [7, 11) is 0. The lowest BCUT2D eigenvalue weighted by Crippen LogP contribution is -2.58. The van der Waals surface area contributed by atoms with Crippen LogP contribution in [0.1, 0.15) is 51.4 Å². The van der Waals surface area contributed by atoms with Crippen molar-refractivity contribution in [2.45, 2.75) is 63.5 Å². The highest BCUT2D eigenvalue weighted by molar-refractivity contribution is 6.30. The molecular formula is C24H38ClN3O. The first-order chi connectivity index (χ1) is 14.2. The number of benzene rings is 1. The summed E-state index contributed by atoms with van der Waals surface area (Å²) in [4.78, 5) is 7.92. The van der Waals surface area contributed by atoms with Crippen LogP contribution in [0.2, 0.25) is 5.02 Å². The highest BCUT2D eigenvalue weighted by Gasteiger charge is 2.33. The summed E-state index contributed by atoms with van der Waals surface area (Å²) < 4.78 is 0. The van der Waals surface area contributed by atoms with Gasteiger partial charge in [-0.15, -0.1) is 0 Å². The molecule has 0 spiro atoms. The van der Waals surface area contributed by atoms with Crippen molar-refractivity contribution in [3.63, 3.8) is 0 Å². The number of hydrogen-bond acceptors (Lipinski definition) is 4. The molecule has 2 heterocycles. The average Bonchev–Trinajstić information content (AvgIpc) is 2.76. The van der Waals surface area contributed by atoms with Gasteiger partial charge in [-0.05, 0) is 56.2 Å². The van der Waals surface area contributed by atoms with Gasteiger partial charge in [-0.2, -0.15) is 0 Å². The molecule has 1 unspecified atom stereocenters. The third-order valence-electron chi connectivity index (χ3n) is 7.47. The van der Waals surface area contributed by atoms with Gasteiger partial charge in [-0.25, -0.2) is 0 Å². The van der Waals surface area contributed by atoms with Crippen molar-refractivity contribution in [1.29, 1.82) is 0 Å². The van der Waals surface area contributed by atoms with E-state index in [9.17, 15) is 5.11 Å².